The maximum Gasteiger partial charge on any atom is 0.227 e. The molecule has 7 heteroatoms. The SMILES string of the molecule is Cn1ncc2c(N3CCN(C(=O)Cc4ccc5ccccc5c4)CC3)ncnc21. The third-order valence-corrected chi connectivity index (χ3v) is 5.61. The first-order valence-corrected chi connectivity index (χ1v) is 9.82. The van der Waals surface area contributed by atoms with Crippen molar-refractivity contribution in [3.05, 3.63) is 60.6 Å². The summed E-state index contributed by atoms with van der Waals surface area (Å²) in [4.78, 5) is 25.8. The van der Waals surface area contributed by atoms with Gasteiger partial charge in [-0.25, -0.2) is 9.97 Å². The third-order valence-electron chi connectivity index (χ3n) is 5.61. The number of rotatable bonds is 3. The second-order valence-corrected chi connectivity index (χ2v) is 7.43. The molecule has 1 aliphatic heterocycles. The van der Waals surface area contributed by atoms with Gasteiger partial charge in [0.2, 0.25) is 5.91 Å². The van der Waals surface area contributed by atoms with E-state index in [4.69, 9.17) is 0 Å². The fourth-order valence-corrected chi connectivity index (χ4v) is 4.00. The zero-order valence-corrected chi connectivity index (χ0v) is 16.3. The first-order valence-electron chi connectivity index (χ1n) is 9.82. The lowest BCUT2D eigenvalue weighted by Crippen LogP contribution is -2.49. The predicted octanol–water partition coefficient (Wildman–Crippen LogP) is 2.41. The van der Waals surface area contributed by atoms with Crippen LogP contribution in [-0.4, -0.2) is 56.7 Å². The van der Waals surface area contributed by atoms with Crippen LogP contribution in [0.4, 0.5) is 5.82 Å². The van der Waals surface area contributed by atoms with Crippen molar-refractivity contribution in [1.82, 2.24) is 24.6 Å². The third kappa shape index (κ3) is 3.29. The molecule has 146 valence electrons. The van der Waals surface area contributed by atoms with Crippen molar-refractivity contribution in [2.75, 3.05) is 31.1 Å². The molecule has 1 amide bonds. The molecule has 1 fully saturated rings. The molecular formula is C22H22N6O. The highest BCUT2D eigenvalue weighted by Gasteiger charge is 2.23. The van der Waals surface area contributed by atoms with E-state index in [9.17, 15) is 4.79 Å². The van der Waals surface area contributed by atoms with Crippen LogP contribution in [0.1, 0.15) is 5.56 Å². The molecular weight excluding hydrogens is 364 g/mol. The molecule has 2 aromatic heterocycles. The lowest BCUT2D eigenvalue weighted by molar-refractivity contribution is -0.130. The van der Waals surface area contributed by atoms with Crippen molar-refractivity contribution in [3.8, 4) is 0 Å². The molecule has 0 bridgehead atoms. The number of carbonyl (C=O) groups is 1. The number of aromatic nitrogens is 4. The van der Waals surface area contributed by atoms with Gasteiger partial charge >= 0.3 is 0 Å². The van der Waals surface area contributed by atoms with Crippen molar-refractivity contribution in [3.63, 3.8) is 0 Å². The summed E-state index contributed by atoms with van der Waals surface area (Å²) in [7, 11) is 1.88. The van der Waals surface area contributed by atoms with E-state index < -0.39 is 0 Å². The van der Waals surface area contributed by atoms with E-state index in [0.29, 0.717) is 19.5 Å². The molecule has 2 aromatic carbocycles. The molecule has 0 spiro atoms. The maximum absolute atomic E-state index is 12.8. The van der Waals surface area contributed by atoms with Crippen molar-refractivity contribution in [2.45, 2.75) is 6.42 Å². The number of fused-ring (bicyclic) bond motifs is 2. The van der Waals surface area contributed by atoms with Gasteiger partial charge in [0.05, 0.1) is 18.0 Å². The standard InChI is InChI=1S/C22H22N6O/c1-26-21-19(14-25-26)22(24-15-23-21)28-10-8-27(9-11-28)20(29)13-16-6-7-17-4-2-3-5-18(17)12-16/h2-7,12,14-15H,8-11,13H2,1H3. The average molecular weight is 386 g/mol. The number of aryl methyl sites for hydroxylation is 1. The number of carbonyl (C=O) groups excluding carboxylic acids is 1. The highest BCUT2D eigenvalue weighted by Crippen LogP contribution is 2.23. The number of hydrogen-bond acceptors (Lipinski definition) is 5. The number of amides is 1. The molecule has 0 saturated carbocycles. The number of hydrogen-bond donors (Lipinski definition) is 0. The maximum atomic E-state index is 12.8. The minimum absolute atomic E-state index is 0.175. The summed E-state index contributed by atoms with van der Waals surface area (Å²) >= 11 is 0. The Morgan fingerprint density at radius 3 is 2.62 bits per heavy atom. The van der Waals surface area contributed by atoms with Gasteiger partial charge in [0.1, 0.15) is 12.1 Å². The summed E-state index contributed by atoms with van der Waals surface area (Å²) in [6, 6.07) is 14.5. The van der Waals surface area contributed by atoms with Crippen LogP contribution in [0.25, 0.3) is 21.8 Å². The van der Waals surface area contributed by atoms with Crippen LogP contribution in [0, 0.1) is 0 Å². The Morgan fingerprint density at radius 2 is 1.79 bits per heavy atom. The molecule has 7 nitrogen and oxygen atoms in total. The number of nitrogens with zero attached hydrogens (tertiary/aromatic N) is 6. The highest BCUT2D eigenvalue weighted by molar-refractivity contribution is 5.87. The molecule has 0 N–H and O–H groups in total. The zero-order chi connectivity index (χ0) is 19.8. The summed E-state index contributed by atoms with van der Waals surface area (Å²) in [6.45, 7) is 2.89. The Kier molecular flexibility index (Phi) is 4.35. The van der Waals surface area contributed by atoms with E-state index in [0.717, 1.165) is 35.5 Å². The molecule has 3 heterocycles. The summed E-state index contributed by atoms with van der Waals surface area (Å²) in [5.41, 5.74) is 1.88. The smallest absolute Gasteiger partial charge is 0.227 e. The van der Waals surface area contributed by atoms with E-state index in [1.54, 1.807) is 11.0 Å². The zero-order valence-electron chi connectivity index (χ0n) is 16.3. The monoisotopic (exact) mass is 386 g/mol. The minimum Gasteiger partial charge on any atom is -0.352 e. The first-order chi connectivity index (χ1) is 14.2. The Labute approximate surface area is 168 Å². The molecule has 29 heavy (non-hydrogen) atoms. The topological polar surface area (TPSA) is 67.2 Å². The van der Waals surface area contributed by atoms with E-state index in [-0.39, 0.29) is 5.91 Å². The largest absolute Gasteiger partial charge is 0.352 e. The van der Waals surface area contributed by atoms with Gasteiger partial charge in [0.25, 0.3) is 0 Å². The van der Waals surface area contributed by atoms with Crippen LogP contribution >= 0.6 is 0 Å². The van der Waals surface area contributed by atoms with Crippen molar-refractivity contribution < 1.29 is 4.79 Å². The van der Waals surface area contributed by atoms with Crippen LogP contribution in [-0.2, 0) is 18.3 Å². The summed E-state index contributed by atoms with van der Waals surface area (Å²) in [5, 5.41) is 7.61. The Morgan fingerprint density at radius 1 is 1.00 bits per heavy atom. The predicted molar refractivity (Wildman–Crippen MR) is 113 cm³/mol. The molecule has 5 rings (SSSR count). The Hall–Kier alpha value is -3.48. The van der Waals surface area contributed by atoms with Crippen LogP contribution in [0.3, 0.4) is 0 Å². The summed E-state index contributed by atoms with van der Waals surface area (Å²) in [6.07, 6.45) is 3.82. The average Bonchev–Trinajstić information content (AvgIpc) is 3.15. The van der Waals surface area contributed by atoms with E-state index in [2.05, 4.69) is 50.3 Å². The number of benzene rings is 2. The van der Waals surface area contributed by atoms with Gasteiger partial charge in [0.15, 0.2) is 5.65 Å². The number of piperazine rings is 1. The summed E-state index contributed by atoms with van der Waals surface area (Å²) in [5.74, 6) is 1.07. The second kappa shape index (κ2) is 7.16. The first kappa shape index (κ1) is 17.6. The van der Waals surface area contributed by atoms with Gasteiger partial charge in [-0.05, 0) is 16.3 Å². The van der Waals surface area contributed by atoms with Crippen molar-refractivity contribution in [2.24, 2.45) is 7.05 Å². The number of anilines is 1. The van der Waals surface area contributed by atoms with Crippen LogP contribution in [0.5, 0.6) is 0 Å². The highest BCUT2D eigenvalue weighted by atomic mass is 16.2. The molecule has 0 unspecified atom stereocenters. The van der Waals surface area contributed by atoms with Gasteiger partial charge in [-0.15, -0.1) is 0 Å². The Balaban J connectivity index is 1.26. The quantitative estimate of drug-likeness (QED) is 0.541. The van der Waals surface area contributed by atoms with E-state index >= 15 is 0 Å². The molecule has 1 aliphatic rings. The summed E-state index contributed by atoms with van der Waals surface area (Å²) < 4.78 is 1.75. The van der Waals surface area contributed by atoms with E-state index in [1.165, 1.54) is 10.8 Å². The molecule has 0 atom stereocenters. The van der Waals surface area contributed by atoms with Crippen molar-refractivity contribution in [1.29, 1.82) is 0 Å². The van der Waals surface area contributed by atoms with Crippen LogP contribution in [0.15, 0.2) is 55.0 Å². The Bertz CT molecular complexity index is 1190. The lowest BCUT2D eigenvalue weighted by Gasteiger charge is -2.35. The van der Waals surface area contributed by atoms with E-state index in [1.807, 2.05) is 30.3 Å². The molecule has 1 saturated heterocycles. The molecule has 0 aliphatic carbocycles. The fourth-order valence-electron chi connectivity index (χ4n) is 4.00. The van der Waals surface area contributed by atoms with Gasteiger partial charge in [-0.2, -0.15) is 5.10 Å². The molecule has 4 aromatic rings. The normalized spacial score (nSPS) is 14.7. The van der Waals surface area contributed by atoms with Gasteiger partial charge < -0.3 is 9.80 Å². The second-order valence-electron chi connectivity index (χ2n) is 7.43. The van der Waals surface area contributed by atoms with Crippen molar-refractivity contribution >= 4 is 33.5 Å². The lowest BCUT2D eigenvalue weighted by atomic mass is 10.0. The van der Waals surface area contributed by atoms with Gasteiger partial charge in [-0.1, -0.05) is 42.5 Å². The fraction of sp³-hybridized carbons (Fsp3) is 0.273. The van der Waals surface area contributed by atoms with Gasteiger partial charge in [-0.3, -0.25) is 9.48 Å². The van der Waals surface area contributed by atoms with Gasteiger partial charge in [0, 0.05) is 33.2 Å². The van der Waals surface area contributed by atoms with Crippen LogP contribution < -0.4 is 4.90 Å². The minimum atomic E-state index is 0.175. The van der Waals surface area contributed by atoms with Crippen LogP contribution in [0.2, 0.25) is 0 Å². The molecule has 0 radical (unpaired) electrons.